The lowest BCUT2D eigenvalue weighted by Crippen LogP contribution is -2.37. The molecule has 0 bridgehead atoms. The van der Waals surface area contributed by atoms with Crippen LogP contribution in [0.4, 0.5) is 5.82 Å². The average Bonchev–Trinajstić information content (AvgIpc) is 2.45. The topological polar surface area (TPSA) is 34.6 Å². The van der Waals surface area contributed by atoms with Gasteiger partial charge in [0.05, 0.1) is 19.8 Å². The molecule has 0 saturated carbocycles. The summed E-state index contributed by atoms with van der Waals surface area (Å²) in [5.74, 6) is 1.79. The van der Waals surface area contributed by atoms with E-state index in [1.807, 2.05) is 18.3 Å². The Bertz CT molecular complexity index is 368. The highest BCUT2D eigenvalue weighted by atomic mass is 79.9. The predicted octanol–water partition coefficient (Wildman–Crippen LogP) is 2.47. The minimum atomic E-state index is 0.383. The lowest BCUT2D eigenvalue weighted by atomic mass is 10.1. The summed E-state index contributed by atoms with van der Waals surface area (Å²) < 4.78 is 11.1. The molecule has 0 atom stereocenters. The summed E-state index contributed by atoms with van der Waals surface area (Å²) in [4.78, 5) is 6.68. The summed E-state index contributed by atoms with van der Waals surface area (Å²) in [5.41, 5.74) is 0. The van der Waals surface area contributed by atoms with E-state index in [0.717, 1.165) is 49.4 Å². The van der Waals surface area contributed by atoms with Crippen molar-refractivity contribution in [1.29, 1.82) is 0 Å². The molecule has 1 aromatic heterocycles. The molecule has 2 heterocycles. The summed E-state index contributed by atoms with van der Waals surface area (Å²) >= 11 is 3.38. The van der Waals surface area contributed by atoms with Crippen LogP contribution in [0.2, 0.25) is 0 Å². The van der Waals surface area contributed by atoms with Crippen LogP contribution in [0.1, 0.15) is 12.8 Å². The maximum atomic E-state index is 5.75. The quantitative estimate of drug-likeness (QED) is 0.782. The molecule has 0 aromatic carbocycles. The molecular formula is C13H19BrN2O2. The van der Waals surface area contributed by atoms with Gasteiger partial charge in [0.1, 0.15) is 0 Å². The van der Waals surface area contributed by atoms with E-state index in [2.05, 4.69) is 25.8 Å². The number of ether oxygens (including phenoxy) is 2. The number of methoxy groups -OCH3 is 1. The number of piperidine rings is 1. The molecule has 1 aliphatic heterocycles. The normalized spacial score (nSPS) is 16.9. The van der Waals surface area contributed by atoms with E-state index in [0.29, 0.717) is 6.10 Å². The number of hydrogen-bond donors (Lipinski definition) is 0. The molecule has 0 N–H and O–H groups in total. The first kappa shape index (κ1) is 13.6. The molecule has 0 radical (unpaired) electrons. The Labute approximate surface area is 116 Å². The molecule has 5 heteroatoms. The first-order valence-electron chi connectivity index (χ1n) is 6.26. The minimum absolute atomic E-state index is 0.383. The maximum Gasteiger partial charge on any atom is 0.171 e. The summed E-state index contributed by atoms with van der Waals surface area (Å²) in [7, 11) is 1.69. The van der Waals surface area contributed by atoms with Crippen LogP contribution < -0.4 is 9.64 Å². The molecule has 0 unspecified atom stereocenters. The highest BCUT2D eigenvalue weighted by Crippen LogP contribution is 2.27. The Balaban J connectivity index is 1.92. The SMILES string of the molecule is COc1cccnc1N1CCC(OCCBr)CC1. The Morgan fingerprint density at radius 2 is 2.22 bits per heavy atom. The van der Waals surface area contributed by atoms with Gasteiger partial charge in [-0.1, -0.05) is 15.9 Å². The zero-order valence-corrected chi connectivity index (χ0v) is 12.2. The van der Waals surface area contributed by atoms with Gasteiger partial charge in [-0.15, -0.1) is 0 Å². The van der Waals surface area contributed by atoms with Gasteiger partial charge >= 0.3 is 0 Å². The molecule has 4 nitrogen and oxygen atoms in total. The monoisotopic (exact) mass is 314 g/mol. The Morgan fingerprint density at radius 3 is 2.89 bits per heavy atom. The first-order chi connectivity index (χ1) is 8.85. The third-order valence-electron chi connectivity index (χ3n) is 3.14. The largest absolute Gasteiger partial charge is 0.493 e. The number of rotatable bonds is 5. The van der Waals surface area contributed by atoms with E-state index in [4.69, 9.17) is 9.47 Å². The predicted molar refractivity (Wildman–Crippen MR) is 75.8 cm³/mol. The Morgan fingerprint density at radius 1 is 1.44 bits per heavy atom. The van der Waals surface area contributed by atoms with E-state index in [9.17, 15) is 0 Å². The van der Waals surface area contributed by atoms with Crippen molar-refractivity contribution in [3.05, 3.63) is 18.3 Å². The molecule has 1 saturated heterocycles. The first-order valence-corrected chi connectivity index (χ1v) is 7.39. The summed E-state index contributed by atoms with van der Waals surface area (Å²) in [5, 5.41) is 0.904. The van der Waals surface area contributed by atoms with Crippen LogP contribution >= 0.6 is 15.9 Å². The summed E-state index contributed by atoms with van der Waals surface area (Å²) in [6.45, 7) is 2.73. The molecule has 1 fully saturated rings. The van der Waals surface area contributed by atoms with Crippen molar-refractivity contribution in [2.75, 3.05) is 37.0 Å². The van der Waals surface area contributed by atoms with Crippen LogP contribution in [0.3, 0.4) is 0 Å². The van der Waals surface area contributed by atoms with E-state index < -0.39 is 0 Å². The second-order valence-corrected chi connectivity index (χ2v) is 5.07. The highest BCUT2D eigenvalue weighted by Gasteiger charge is 2.22. The van der Waals surface area contributed by atoms with Crippen molar-refractivity contribution in [1.82, 2.24) is 4.98 Å². The van der Waals surface area contributed by atoms with Crippen LogP contribution in [-0.4, -0.2) is 43.2 Å². The van der Waals surface area contributed by atoms with Crippen LogP contribution in [0.25, 0.3) is 0 Å². The van der Waals surface area contributed by atoms with Crippen LogP contribution in [0, 0.1) is 0 Å². The molecule has 18 heavy (non-hydrogen) atoms. The van der Waals surface area contributed by atoms with Gasteiger partial charge in [0.15, 0.2) is 11.6 Å². The summed E-state index contributed by atoms with van der Waals surface area (Å²) in [6.07, 6.45) is 4.29. The Kier molecular flexibility index (Phi) is 5.26. The zero-order chi connectivity index (χ0) is 12.8. The van der Waals surface area contributed by atoms with Crippen molar-refractivity contribution >= 4 is 21.7 Å². The van der Waals surface area contributed by atoms with Gasteiger partial charge < -0.3 is 14.4 Å². The number of halogens is 1. The second kappa shape index (κ2) is 6.95. The summed E-state index contributed by atoms with van der Waals surface area (Å²) in [6, 6.07) is 3.85. The molecule has 1 aromatic rings. The molecule has 0 amide bonds. The van der Waals surface area contributed by atoms with Gasteiger partial charge in [0.2, 0.25) is 0 Å². The number of nitrogens with zero attached hydrogens (tertiary/aromatic N) is 2. The van der Waals surface area contributed by atoms with Crippen LogP contribution in [-0.2, 0) is 4.74 Å². The van der Waals surface area contributed by atoms with Gasteiger partial charge in [-0.3, -0.25) is 0 Å². The van der Waals surface area contributed by atoms with Gasteiger partial charge in [0, 0.05) is 24.6 Å². The third-order valence-corrected chi connectivity index (χ3v) is 3.47. The van der Waals surface area contributed by atoms with Crippen molar-refractivity contribution in [2.45, 2.75) is 18.9 Å². The van der Waals surface area contributed by atoms with Crippen LogP contribution in [0.5, 0.6) is 5.75 Å². The molecule has 0 aliphatic carbocycles. The molecular weight excluding hydrogens is 296 g/mol. The average molecular weight is 315 g/mol. The number of hydrogen-bond acceptors (Lipinski definition) is 4. The fraction of sp³-hybridized carbons (Fsp3) is 0.615. The number of pyridine rings is 1. The fourth-order valence-corrected chi connectivity index (χ4v) is 2.41. The number of anilines is 1. The standard InChI is InChI=1S/C13H19BrN2O2/c1-17-12-3-2-7-15-13(12)16-8-4-11(5-9-16)18-10-6-14/h2-3,7,11H,4-6,8-10H2,1H3. The van der Waals surface area contributed by atoms with Gasteiger partial charge in [-0.2, -0.15) is 0 Å². The van der Waals surface area contributed by atoms with E-state index in [1.54, 1.807) is 7.11 Å². The van der Waals surface area contributed by atoms with Gasteiger partial charge in [-0.05, 0) is 25.0 Å². The van der Waals surface area contributed by atoms with Gasteiger partial charge in [0.25, 0.3) is 0 Å². The van der Waals surface area contributed by atoms with Crippen LogP contribution in [0.15, 0.2) is 18.3 Å². The molecule has 2 rings (SSSR count). The highest BCUT2D eigenvalue weighted by molar-refractivity contribution is 9.09. The number of alkyl halides is 1. The van der Waals surface area contributed by atoms with Crippen molar-refractivity contribution in [3.8, 4) is 5.75 Å². The van der Waals surface area contributed by atoms with Crippen molar-refractivity contribution in [2.24, 2.45) is 0 Å². The van der Waals surface area contributed by atoms with Crippen molar-refractivity contribution in [3.63, 3.8) is 0 Å². The molecule has 1 aliphatic rings. The number of aromatic nitrogens is 1. The molecule has 100 valence electrons. The maximum absolute atomic E-state index is 5.75. The van der Waals surface area contributed by atoms with E-state index in [1.165, 1.54) is 0 Å². The lowest BCUT2D eigenvalue weighted by molar-refractivity contribution is 0.0479. The van der Waals surface area contributed by atoms with Gasteiger partial charge in [-0.25, -0.2) is 4.98 Å². The van der Waals surface area contributed by atoms with E-state index in [-0.39, 0.29) is 0 Å². The lowest BCUT2D eigenvalue weighted by Gasteiger charge is -2.33. The smallest absolute Gasteiger partial charge is 0.171 e. The Hall–Kier alpha value is -0.810. The third kappa shape index (κ3) is 3.36. The zero-order valence-electron chi connectivity index (χ0n) is 10.6. The van der Waals surface area contributed by atoms with Crippen molar-refractivity contribution < 1.29 is 9.47 Å². The minimum Gasteiger partial charge on any atom is -0.493 e. The molecule has 0 spiro atoms. The second-order valence-electron chi connectivity index (χ2n) is 4.28. The van der Waals surface area contributed by atoms with E-state index >= 15 is 0 Å². The fourth-order valence-electron chi connectivity index (χ4n) is 2.22.